The van der Waals surface area contributed by atoms with Crippen molar-refractivity contribution in [3.8, 4) is 0 Å². The Hall–Kier alpha value is -2.27. The first-order valence-corrected chi connectivity index (χ1v) is 11.1. The summed E-state index contributed by atoms with van der Waals surface area (Å²) in [4.78, 5) is 14.9. The van der Waals surface area contributed by atoms with Gasteiger partial charge in [0.25, 0.3) is 5.91 Å². The molecule has 164 valence electrons. The van der Waals surface area contributed by atoms with E-state index in [-0.39, 0.29) is 29.6 Å². The van der Waals surface area contributed by atoms with Gasteiger partial charge in [0.2, 0.25) is 10.0 Å². The molecule has 1 aromatic heterocycles. The first-order chi connectivity index (χ1) is 14.3. The number of nitrogens with zero attached hydrogens (tertiary/aromatic N) is 2. The number of benzene rings is 1. The predicted molar refractivity (Wildman–Crippen MR) is 108 cm³/mol. The smallest absolute Gasteiger partial charge is 0.276 e. The quantitative estimate of drug-likeness (QED) is 0.636. The third-order valence-corrected chi connectivity index (χ3v) is 6.90. The average Bonchev–Trinajstić information content (AvgIpc) is 3.31. The van der Waals surface area contributed by atoms with Crippen LogP contribution in [-0.4, -0.2) is 63.8 Å². The monoisotopic (exact) mass is 437 g/mol. The summed E-state index contributed by atoms with van der Waals surface area (Å²) in [6, 6.07) is 8.18. The van der Waals surface area contributed by atoms with Crippen LogP contribution in [0.25, 0.3) is 0 Å². The average molecular weight is 438 g/mol. The molecule has 0 spiro atoms. The molecule has 1 N–H and O–H groups in total. The highest BCUT2D eigenvalue weighted by Crippen LogP contribution is 2.29. The summed E-state index contributed by atoms with van der Waals surface area (Å²) in [6.07, 6.45) is 0.896. The van der Waals surface area contributed by atoms with Crippen molar-refractivity contribution in [2.24, 2.45) is 0 Å². The maximum Gasteiger partial charge on any atom is 0.276 e. The van der Waals surface area contributed by atoms with Crippen molar-refractivity contribution in [1.29, 1.82) is 0 Å². The summed E-state index contributed by atoms with van der Waals surface area (Å²) >= 11 is 0. The number of aromatic nitrogens is 1. The summed E-state index contributed by atoms with van der Waals surface area (Å²) in [7, 11) is -0.662. The number of amides is 1. The molecule has 0 saturated carbocycles. The minimum atomic E-state index is -3.76. The van der Waals surface area contributed by atoms with Crippen LogP contribution in [0.3, 0.4) is 0 Å². The van der Waals surface area contributed by atoms with E-state index in [1.165, 1.54) is 7.11 Å². The van der Waals surface area contributed by atoms with Crippen LogP contribution in [0.4, 0.5) is 0 Å². The van der Waals surface area contributed by atoms with E-state index in [0.29, 0.717) is 37.3 Å². The Morgan fingerprint density at radius 3 is 2.67 bits per heavy atom. The number of carbonyl (C=O) groups excluding carboxylic acids is 1. The fraction of sp³-hybridized carbons (Fsp3) is 0.500. The maximum atomic E-state index is 13.1. The van der Waals surface area contributed by atoms with Gasteiger partial charge in [0.05, 0.1) is 22.6 Å². The van der Waals surface area contributed by atoms with Gasteiger partial charge in [-0.1, -0.05) is 23.4 Å². The van der Waals surface area contributed by atoms with Gasteiger partial charge >= 0.3 is 0 Å². The molecule has 1 aliphatic heterocycles. The van der Waals surface area contributed by atoms with Crippen LogP contribution in [-0.2, 0) is 26.1 Å². The van der Waals surface area contributed by atoms with Crippen LogP contribution in [0.1, 0.15) is 34.7 Å². The zero-order valence-corrected chi connectivity index (χ0v) is 18.2. The van der Waals surface area contributed by atoms with Gasteiger partial charge in [0, 0.05) is 33.9 Å². The van der Waals surface area contributed by atoms with Crippen molar-refractivity contribution in [2.45, 2.75) is 36.8 Å². The number of carbonyl (C=O) groups is 1. The summed E-state index contributed by atoms with van der Waals surface area (Å²) in [6.45, 7) is 2.88. The van der Waals surface area contributed by atoms with Crippen LogP contribution in [0, 0.1) is 6.92 Å². The lowest BCUT2D eigenvalue weighted by atomic mass is 9.96. The van der Waals surface area contributed by atoms with Gasteiger partial charge in [-0.2, -0.15) is 0 Å². The summed E-state index contributed by atoms with van der Waals surface area (Å²) < 4.78 is 44.3. The molecule has 0 radical (unpaired) electrons. The second-order valence-electron chi connectivity index (χ2n) is 7.42. The number of ether oxygens (including phenoxy) is 2. The molecule has 0 bridgehead atoms. The molecule has 1 atom stereocenters. The Balaban J connectivity index is 1.83. The summed E-state index contributed by atoms with van der Waals surface area (Å²) in [5.41, 5.74) is -0.0369. The van der Waals surface area contributed by atoms with Crippen LogP contribution in [0.2, 0.25) is 0 Å². The number of rotatable bonds is 9. The van der Waals surface area contributed by atoms with E-state index < -0.39 is 15.6 Å². The van der Waals surface area contributed by atoms with E-state index in [1.807, 2.05) is 0 Å². The Morgan fingerprint density at radius 2 is 2.00 bits per heavy atom. The number of aryl methyl sites for hydroxylation is 1. The number of hydrogen-bond acceptors (Lipinski definition) is 7. The molecule has 1 amide bonds. The van der Waals surface area contributed by atoms with Crippen molar-refractivity contribution < 1.29 is 27.2 Å². The lowest BCUT2D eigenvalue weighted by molar-refractivity contribution is 0.0760. The molecular formula is C20H27N3O6S. The van der Waals surface area contributed by atoms with Gasteiger partial charge in [-0.25, -0.2) is 13.1 Å². The Bertz CT molecular complexity index is 976. The lowest BCUT2D eigenvalue weighted by Gasteiger charge is -2.30. The van der Waals surface area contributed by atoms with Crippen molar-refractivity contribution in [3.05, 3.63) is 47.3 Å². The standard InChI is InChI=1S/C20H27N3O6S/c1-15-17(13-28-3)18(21-29-15)19(24)23-11-9-20(14-23,10-12-27-2)22-30(25,26)16-7-5-4-6-8-16/h4-8,22H,9-14H2,1-3H3. The minimum absolute atomic E-state index is 0.182. The maximum absolute atomic E-state index is 13.1. The molecule has 1 fully saturated rings. The third kappa shape index (κ3) is 4.72. The number of sulfonamides is 1. The molecule has 0 aliphatic carbocycles. The van der Waals surface area contributed by atoms with Crippen LogP contribution in [0.5, 0.6) is 0 Å². The Labute approximate surface area is 176 Å². The number of nitrogens with one attached hydrogen (secondary N) is 1. The Kier molecular flexibility index (Phi) is 6.91. The Morgan fingerprint density at radius 1 is 1.27 bits per heavy atom. The molecule has 2 heterocycles. The molecule has 10 heteroatoms. The molecule has 30 heavy (non-hydrogen) atoms. The number of methoxy groups -OCH3 is 2. The molecule has 3 rings (SSSR count). The number of likely N-dealkylation sites (tertiary alicyclic amines) is 1. The zero-order chi connectivity index (χ0) is 21.8. The van der Waals surface area contributed by atoms with Gasteiger partial charge in [-0.05, 0) is 31.9 Å². The molecule has 2 aromatic rings. The highest BCUT2D eigenvalue weighted by molar-refractivity contribution is 7.89. The van der Waals surface area contributed by atoms with Crippen molar-refractivity contribution in [2.75, 3.05) is 33.9 Å². The first-order valence-electron chi connectivity index (χ1n) is 9.63. The number of hydrogen-bond donors (Lipinski definition) is 1. The molecule has 1 aliphatic rings. The molecular weight excluding hydrogens is 410 g/mol. The predicted octanol–water partition coefficient (Wildman–Crippen LogP) is 1.73. The van der Waals surface area contributed by atoms with Crippen LogP contribution >= 0.6 is 0 Å². The molecule has 1 unspecified atom stereocenters. The second-order valence-corrected chi connectivity index (χ2v) is 9.10. The first kappa shape index (κ1) is 22.4. The molecule has 1 aromatic carbocycles. The third-order valence-electron chi connectivity index (χ3n) is 5.31. The van der Waals surface area contributed by atoms with Crippen LogP contribution < -0.4 is 4.72 Å². The van der Waals surface area contributed by atoms with Crippen molar-refractivity contribution in [1.82, 2.24) is 14.8 Å². The minimum Gasteiger partial charge on any atom is -0.385 e. The molecule has 1 saturated heterocycles. The fourth-order valence-electron chi connectivity index (χ4n) is 3.65. The van der Waals surface area contributed by atoms with E-state index >= 15 is 0 Å². The van der Waals surface area contributed by atoms with Crippen LogP contribution in [0.15, 0.2) is 39.8 Å². The SMILES string of the molecule is COCCC1(NS(=O)(=O)c2ccccc2)CCN(C(=O)c2noc(C)c2COC)C1. The second kappa shape index (κ2) is 9.25. The molecule has 9 nitrogen and oxygen atoms in total. The van der Waals surface area contributed by atoms with E-state index in [0.717, 1.165) is 0 Å². The highest BCUT2D eigenvalue weighted by atomic mass is 32.2. The van der Waals surface area contributed by atoms with Gasteiger partial charge in [-0.3, -0.25) is 4.79 Å². The van der Waals surface area contributed by atoms with Gasteiger partial charge in [-0.15, -0.1) is 0 Å². The van der Waals surface area contributed by atoms with Crippen molar-refractivity contribution in [3.63, 3.8) is 0 Å². The van der Waals surface area contributed by atoms with Crippen molar-refractivity contribution >= 4 is 15.9 Å². The fourth-order valence-corrected chi connectivity index (χ4v) is 5.12. The highest BCUT2D eigenvalue weighted by Gasteiger charge is 2.43. The normalized spacial score (nSPS) is 19.4. The zero-order valence-electron chi connectivity index (χ0n) is 17.4. The lowest BCUT2D eigenvalue weighted by Crippen LogP contribution is -2.51. The summed E-state index contributed by atoms with van der Waals surface area (Å²) in [5.74, 6) is 0.215. The van der Waals surface area contributed by atoms with Gasteiger partial charge in [0.1, 0.15) is 5.76 Å². The summed E-state index contributed by atoms with van der Waals surface area (Å²) in [5, 5.41) is 3.90. The van der Waals surface area contributed by atoms with E-state index in [2.05, 4.69) is 9.88 Å². The largest absolute Gasteiger partial charge is 0.385 e. The van der Waals surface area contributed by atoms with E-state index in [9.17, 15) is 13.2 Å². The van der Waals surface area contributed by atoms with E-state index in [1.54, 1.807) is 49.3 Å². The topological polar surface area (TPSA) is 111 Å². The van der Waals surface area contributed by atoms with Gasteiger partial charge in [0.15, 0.2) is 5.69 Å². The van der Waals surface area contributed by atoms with E-state index in [4.69, 9.17) is 14.0 Å². The van der Waals surface area contributed by atoms with Gasteiger partial charge < -0.3 is 18.9 Å².